The van der Waals surface area contributed by atoms with E-state index in [1.807, 2.05) is 13.1 Å². The third-order valence-electron chi connectivity index (χ3n) is 1.23. The minimum Gasteiger partial charge on any atom is -0.307 e. The van der Waals surface area contributed by atoms with Gasteiger partial charge in [0, 0.05) is 18.3 Å². The second-order valence-corrected chi connectivity index (χ2v) is 2.88. The van der Waals surface area contributed by atoms with Crippen LogP contribution in [0, 0.1) is 0 Å². The second kappa shape index (κ2) is 4.45. The molecule has 0 aromatic heterocycles. The van der Waals surface area contributed by atoms with Crippen molar-refractivity contribution in [2.45, 2.75) is 33.2 Å². The molecule has 1 N–H and O–H groups in total. The Morgan fingerprint density at radius 1 is 1.40 bits per heavy atom. The summed E-state index contributed by atoms with van der Waals surface area (Å²) in [6.45, 7) is 10.2. The fourth-order valence-corrected chi connectivity index (χ4v) is 0.821. The largest absolute Gasteiger partial charge is 0.307 e. The molecule has 0 aromatic carbocycles. The number of rotatable bonds is 4. The van der Waals surface area contributed by atoms with E-state index < -0.39 is 0 Å². The molecule has 0 unspecified atom stereocenters. The van der Waals surface area contributed by atoms with Crippen LogP contribution in [-0.2, 0) is 0 Å². The van der Waals surface area contributed by atoms with Crippen LogP contribution in [0.1, 0.15) is 27.7 Å². The van der Waals surface area contributed by atoms with Crippen molar-refractivity contribution >= 4 is 6.21 Å². The first-order chi connectivity index (χ1) is 4.62. The van der Waals surface area contributed by atoms with Crippen molar-refractivity contribution < 1.29 is 0 Å². The Morgan fingerprint density at radius 3 is 2.40 bits per heavy atom. The lowest BCUT2D eigenvalue weighted by atomic mass is 10.1. The molecule has 10 heavy (non-hydrogen) atoms. The number of nitrogens with zero attached hydrogens (tertiary/aromatic N) is 1. The summed E-state index contributed by atoms with van der Waals surface area (Å²) in [5.74, 6) is 0. The smallest absolute Gasteiger partial charge is 0.0476 e. The Balaban J connectivity index is 3.73. The summed E-state index contributed by atoms with van der Waals surface area (Å²) < 4.78 is 0. The first-order valence-electron chi connectivity index (χ1n) is 3.88. The predicted molar refractivity (Wildman–Crippen MR) is 46.8 cm³/mol. The fraction of sp³-hybridized carbons (Fsp3) is 0.875. The number of aliphatic imine (C=N–C) groups is 1. The van der Waals surface area contributed by atoms with Crippen LogP contribution in [0.25, 0.3) is 0 Å². The highest BCUT2D eigenvalue weighted by molar-refractivity contribution is 5.68. The molecular formula is C8H18N2. The quantitative estimate of drug-likeness (QED) is 0.590. The van der Waals surface area contributed by atoms with Gasteiger partial charge in [-0.25, -0.2) is 0 Å². The van der Waals surface area contributed by atoms with Crippen LogP contribution in [0.2, 0.25) is 0 Å². The van der Waals surface area contributed by atoms with Crippen molar-refractivity contribution in [1.82, 2.24) is 5.32 Å². The first-order valence-corrected chi connectivity index (χ1v) is 3.88. The molecule has 2 heteroatoms. The van der Waals surface area contributed by atoms with Crippen molar-refractivity contribution in [3.8, 4) is 0 Å². The molecule has 0 aromatic rings. The van der Waals surface area contributed by atoms with Crippen LogP contribution in [0.4, 0.5) is 0 Å². The van der Waals surface area contributed by atoms with E-state index >= 15 is 0 Å². The molecule has 2 nitrogen and oxygen atoms in total. The highest BCUT2D eigenvalue weighted by Gasteiger charge is 2.10. The molecule has 0 aliphatic heterocycles. The number of hydrogen-bond donors (Lipinski definition) is 1. The Hall–Kier alpha value is -0.370. The van der Waals surface area contributed by atoms with Crippen molar-refractivity contribution in [2.24, 2.45) is 4.99 Å². The first kappa shape index (κ1) is 9.63. The summed E-state index contributed by atoms with van der Waals surface area (Å²) in [4.78, 5) is 4.17. The molecule has 0 aliphatic rings. The van der Waals surface area contributed by atoms with Gasteiger partial charge in [-0.1, -0.05) is 6.92 Å². The average molecular weight is 142 g/mol. The van der Waals surface area contributed by atoms with E-state index in [1.54, 1.807) is 0 Å². The molecule has 0 heterocycles. The van der Waals surface area contributed by atoms with Gasteiger partial charge in [-0.3, -0.25) is 4.99 Å². The molecule has 0 atom stereocenters. The third kappa shape index (κ3) is 4.50. The van der Waals surface area contributed by atoms with Gasteiger partial charge in [0.1, 0.15) is 0 Å². The van der Waals surface area contributed by atoms with E-state index in [4.69, 9.17) is 0 Å². The van der Waals surface area contributed by atoms with Gasteiger partial charge in [-0.05, 0) is 27.3 Å². The molecule has 0 spiro atoms. The highest BCUT2D eigenvalue weighted by atomic mass is 15.0. The van der Waals surface area contributed by atoms with Gasteiger partial charge >= 0.3 is 0 Å². The molecule has 0 saturated carbocycles. The lowest BCUT2D eigenvalue weighted by Gasteiger charge is -2.19. The zero-order valence-electron chi connectivity index (χ0n) is 7.44. The van der Waals surface area contributed by atoms with Crippen LogP contribution in [0.3, 0.4) is 0 Å². The van der Waals surface area contributed by atoms with E-state index in [9.17, 15) is 0 Å². The van der Waals surface area contributed by atoms with Gasteiger partial charge in [0.15, 0.2) is 0 Å². The summed E-state index contributed by atoms with van der Waals surface area (Å²) >= 11 is 0. The summed E-state index contributed by atoms with van der Waals surface area (Å²) in [7, 11) is 0. The molecule has 60 valence electrons. The molecular weight excluding hydrogens is 124 g/mol. The monoisotopic (exact) mass is 142 g/mol. The standard InChI is InChI=1S/C8H18N2/c1-5-9-7-8(3,4)10-6-2/h7,10H,5-6H2,1-4H3. The van der Waals surface area contributed by atoms with Crippen LogP contribution >= 0.6 is 0 Å². The maximum absolute atomic E-state index is 4.17. The predicted octanol–water partition coefficient (Wildman–Crippen LogP) is 1.47. The van der Waals surface area contributed by atoms with Crippen molar-refractivity contribution in [1.29, 1.82) is 0 Å². The van der Waals surface area contributed by atoms with Gasteiger partial charge in [0.25, 0.3) is 0 Å². The summed E-state index contributed by atoms with van der Waals surface area (Å²) in [6, 6.07) is 0. The van der Waals surface area contributed by atoms with Gasteiger partial charge in [0.2, 0.25) is 0 Å². The minimum atomic E-state index is 0.0603. The SMILES string of the molecule is CCN=CC(C)(C)NCC. The summed E-state index contributed by atoms with van der Waals surface area (Å²) in [5, 5.41) is 3.31. The fourth-order valence-electron chi connectivity index (χ4n) is 0.821. The van der Waals surface area contributed by atoms with Crippen LogP contribution < -0.4 is 5.32 Å². The lowest BCUT2D eigenvalue weighted by molar-refractivity contribution is 0.531. The van der Waals surface area contributed by atoms with Crippen molar-refractivity contribution in [2.75, 3.05) is 13.1 Å². The van der Waals surface area contributed by atoms with Crippen LogP contribution in [0.15, 0.2) is 4.99 Å². The van der Waals surface area contributed by atoms with Gasteiger partial charge in [-0.15, -0.1) is 0 Å². The average Bonchev–Trinajstić information content (AvgIpc) is 1.84. The zero-order valence-corrected chi connectivity index (χ0v) is 7.44. The third-order valence-corrected chi connectivity index (χ3v) is 1.23. The summed E-state index contributed by atoms with van der Waals surface area (Å²) in [5.41, 5.74) is 0.0603. The number of hydrogen-bond acceptors (Lipinski definition) is 2. The van der Waals surface area contributed by atoms with Crippen LogP contribution in [0.5, 0.6) is 0 Å². The Morgan fingerprint density at radius 2 is 2.00 bits per heavy atom. The van der Waals surface area contributed by atoms with Crippen LogP contribution in [-0.4, -0.2) is 24.8 Å². The lowest BCUT2D eigenvalue weighted by Crippen LogP contribution is -2.40. The summed E-state index contributed by atoms with van der Waals surface area (Å²) in [6.07, 6.45) is 1.97. The molecule has 0 fully saturated rings. The minimum absolute atomic E-state index is 0.0603. The van der Waals surface area contributed by atoms with Gasteiger partial charge in [-0.2, -0.15) is 0 Å². The van der Waals surface area contributed by atoms with E-state index in [0.717, 1.165) is 13.1 Å². The molecule has 0 amide bonds. The Bertz CT molecular complexity index is 106. The topological polar surface area (TPSA) is 24.4 Å². The normalized spacial score (nSPS) is 12.8. The van der Waals surface area contributed by atoms with E-state index in [-0.39, 0.29) is 5.54 Å². The van der Waals surface area contributed by atoms with E-state index in [1.165, 1.54) is 0 Å². The van der Waals surface area contributed by atoms with Gasteiger partial charge in [0.05, 0.1) is 0 Å². The second-order valence-electron chi connectivity index (χ2n) is 2.88. The molecule has 0 saturated heterocycles. The van der Waals surface area contributed by atoms with Gasteiger partial charge < -0.3 is 5.32 Å². The highest BCUT2D eigenvalue weighted by Crippen LogP contribution is 1.96. The maximum atomic E-state index is 4.17. The Kier molecular flexibility index (Phi) is 4.28. The number of nitrogens with one attached hydrogen (secondary N) is 1. The van der Waals surface area contributed by atoms with E-state index in [0.29, 0.717) is 0 Å². The van der Waals surface area contributed by atoms with E-state index in [2.05, 4.69) is 31.1 Å². The molecule has 0 bridgehead atoms. The Labute approximate surface area is 63.7 Å². The molecule has 0 radical (unpaired) electrons. The zero-order chi connectivity index (χ0) is 8.04. The van der Waals surface area contributed by atoms with Crippen molar-refractivity contribution in [3.05, 3.63) is 0 Å². The molecule has 0 aliphatic carbocycles. The van der Waals surface area contributed by atoms with Crippen molar-refractivity contribution in [3.63, 3.8) is 0 Å². The molecule has 0 rings (SSSR count). The maximum Gasteiger partial charge on any atom is 0.0476 e.